The smallest absolute Gasteiger partial charge is 0.239 e. The van der Waals surface area contributed by atoms with E-state index in [0.717, 1.165) is 12.0 Å². The normalized spacial score (nSPS) is 12.1. The minimum atomic E-state index is -0.440. The number of nitrogens with one attached hydrogen (secondary N) is 1. The lowest BCUT2D eigenvalue weighted by atomic mass is 10.0. The maximum atomic E-state index is 12.9. The predicted octanol–water partition coefficient (Wildman–Crippen LogP) is 2.07. The molecule has 0 aliphatic carbocycles. The number of hydrogen-bond acceptors (Lipinski definition) is 3. The molecule has 1 unspecified atom stereocenters. The molecule has 0 saturated carbocycles. The van der Waals surface area contributed by atoms with Gasteiger partial charge in [-0.2, -0.15) is 5.10 Å². The summed E-state index contributed by atoms with van der Waals surface area (Å²) in [6.45, 7) is 2.08. The molecular weight excluding hydrogens is 259 g/mol. The van der Waals surface area contributed by atoms with Crippen molar-refractivity contribution in [1.82, 2.24) is 9.78 Å². The van der Waals surface area contributed by atoms with Crippen molar-refractivity contribution in [3.63, 3.8) is 0 Å². The summed E-state index contributed by atoms with van der Waals surface area (Å²) in [6.07, 6.45) is 2.51. The summed E-state index contributed by atoms with van der Waals surface area (Å²) in [5.41, 5.74) is 6.10. The second-order valence-corrected chi connectivity index (χ2v) is 4.52. The van der Waals surface area contributed by atoms with Crippen molar-refractivity contribution in [3.8, 4) is 0 Å². The number of amides is 1. The first-order valence-corrected chi connectivity index (χ1v) is 6.42. The van der Waals surface area contributed by atoms with Crippen molar-refractivity contribution in [2.75, 3.05) is 5.32 Å². The SMILES string of the molecule is CCC(Nc1ccn(CC(N)=O)n1)c1ccc(F)cc1. The number of primary amides is 1. The minimum absolute atomic E-state index is 0.0347. The topological polar surface area (TPSA) is 72.9 Å². The van der Waals surface area contributed by atoms with Crippen molar-refractivity contribution in [3.05, 3.63) is 47.9 Å². The van der Waals surface area contributed by atoms with E-state index in [1.54, 1.807) is 24.4 Å². The highest BCUT2D eigenvalue weighted by Gasteiger charge is 2.11. The van der Waals surface area contributed by atoms with Gasteiger partial charge in [-0.25, -0.2) is 4.39 Å². The number of carbonyl (C=O) groups excluding carboxylic acids is 1. The van der Waals surface area contributed by atoms with Gasteiger partial charge >= 0.3 is 0 Å². The largest absolute Gasteiger partial charge is 0.368 e. The molecule has 1 heterocycles. The van der Waals surface area contributed by atoms with E-state index in [1.165, 1.54) is 16.8 Å². The number of carbonyl (C=O) groups is 1. The van der Waals surface area contributed by atoms with Crippen LogP contribution in [0.3, 0.4) is 0 Å². The number of nitrogens with two attached hydrogens (primary N) is 1. The van der Waals surface area contributed by atoms with Crippen LogP contribution in [0.25, 0.3) is 0 Å². The van der Waals surface area contributed by atoms with Gasteiger partial charge in [-0.05, 0) is 24.1 Å². The van der Waals surface area contributed by atoms with Gasteiger partial charge in [0.15, 0.2) is 0 Å². The molecule has 106 valence electrons. The van der Waals surface area contributed by atoms with Gasteiger partial charge in [-0.15, -0.1) is 0 Å². The zero-order valence-corrected chi connectivity index (χ0v) is 11.2. The van der Waals surface area contributed by atoms with Crippen LogP contribution < -0.4 is 11.1 Å². The molecule has 2 aromatic rings. The van der Waals surface area contributed by atoms with E-state index in [2.05, 4.69) is 10.4 Å². The first-order valence-electron chi connectivity index (χ1n) is 6.42. The summed E-state index contributed by atoms with van der Waals surface area (Å²) in [6, 6.07) is 8.17. The van der Waals surface area contributed by atoms with E-state index in [0.29, 0.717) is 5.82 Å². The molecule has 5 nitrogen and oxygen atoms in total. The second-order valence-electron chi connectivity index (χ2n) is 4.52. The molecule has 1 atom stereocenters. The Labute approximate surface area is 116 Å². The lowest BCUT2D eigenvalue weighted by molar-refractivity contribution is -0.118. The Morgan fingerprint density at radius 1 is 1.40 bits per heavy atom. The van der Waals surface area contributed by atoms with E-state index in [1.807, 2.05) is 6.92 Å². The molecule has 20 heavy (non-hydrogen) atoms. The fourth-order valence-corrected chi connectivity index (χ4v) is 1.98. The predicted molar refractivity (Wildman–Crippen MR) is 74.5 cm³/mol. The Morgan fingerprint density at radius 2 is 2.10 bits per heavy atom. The van der Waals surface area contributed by atoms with E-state index >= 15 is 0 Å². The standard InChI is InChI=1S/C14H17FN4O/c1-2-12(10-3-5-11(15)6-4-10)17-14-7-8-19(18-14)9-13(16)20/h3-8,12H,2,9H2,1H3,(H2,16,20)(H,17,18). The van der Waals surface area contributed by atoms with Crippen LogP contribution in [-0.4, -0.2) is 15.7 Å². The van der Waals surface area contributed by atoms with Crippen molar-refractivity contribution in [2.45, 2.75) is 25.9 Å². The molecule has 0 saturated heterocycles. The molecule has 2 rings (SSSR count). The third-order valence-corrected chi connectivity index (χ3v) is 2.96. The van der Waals surface area contributed by atoms with Crippen molar-refractivity contribution in [2.24, 2.45) is 5.73 Å². The molecule has 3 N–H and O–H groups in total. The number of nitrogens with zero attached hydrogens (tertiary/aromatic N) is 2. The van der Waals surface area contributed by atoms with Gasteiger partial charge < -0.3 is 11.1 Å². The van der Waals surface area contributed by atoms with Crippen molar-refractivity contribution in [1.29, 1.82) is 0 Å². The van der Waals surface area contributed by atoms with Gasteiger partial charge in [0.25, 0.3) is 0 Å². The van der Waals surface area contributed by atoms with Crippen LogP contribution in [0.15, 0.2) is 36.5 Å². The van der Waals surface area contributed by atoms with E-state index in [-0.39, 0.29) is 18.4 Å². The van der Waals surface area contributed by atoms with Crippen LogP contribution in [0.2, 0.25) is 0 Å². The van der Waals surface area contributed by atoms with Gasteiger partial charge in [0.05, 0.1) is 6.04 Å². The van der Waals surface area contributed by atoms with Crippen LogP contribution in [0.1, 0.15) is 24.9 Å². The molecule has 1 aromatic carbocycles. The van der Waals surface area contributed by atoms with Gasteiger partial charge in [-0.1, -0.05) is 19.1 Å². The minimum Gasteiger partial charge on any atom is -0.368 e. The molecule has 0 aliphatic rings. The highest BCUT2D eigenvalue weighted by molar-refractivity contribution is 5.73. The first kappa shape index (κ1) is 14.0. The molecule has 0 aliphatic heterocycles. The molecule has 1 amide bonds. The maximum absolute atomic E-state index is 12.9. The molecule has 6 heteroatoms. The number of rotatable bonds is 6. The third-order valence-electron chi connectivity index (χ3n) is 2.96. The number of hydrogen-bond donors (Lipinski definition) is 2. The Bertz CT molecular complexity index is 579. The highest BCUT2D eigenvalue weighted by atomic mass is 19.1. The maximum Gasteiger partial charge on any atom is 0.239 e. The average Bonchev–Trinajstić information content (AvgIpc) is 2.83. The van der Waals surface area contributed by atoms with Crippen LogP contribution in [0.4, 0.5) is 10.2 Å². The third kappa shape index (κ3) is 3.57. The van der Waals surface area contributed by atoms with Crippen molar-refractivity contribution >= 4 is 11.7 Å². The summed E-state index contributed by atoms with van der Waals surface area (Å²) in [4.78, 5) is 10.8. The molecule has 0 fully saturated rings. The zero-order valence-electron chi connectivity index (χ0n) is 11.2. The molecule has 0 spiro atoms. The monoisotopic (exact) mass is 276 g/mol. The fraction of sp³-hybridized carbons (Fsp3) is 0.286. The lowest BCUT2D eigenvalue weighted by Gasteiger charge is -2.16. The Balaban J connectivity index is 2.08. The van der Waals surface area contributed by atoms with Gasteiger partial charge in [0.1, 0.15) is 18.2 Å². The number of anilines is 1. The van der Waals surface area contributed by atoms with Gasteiger partial charge in [0, 0.05) is 12.3 Å². The number of benzene rings is 1. The molecule has 0 bridgehead atoms. The molecule has 0 radical (unpaired) electrons. The Hall–Kier alpha value is -2.37. The average molecular weight is 276 g/mol. The van der Waals surface area contributed by atoms with Crippen LogP contribution in [-0.2, 0) is 11.3 Å². The lowest BCUT2D eigenvalue weighted by Crippen LogP contribution is -2.19. The Kier molecular flexibility index (Phi) is 4.34. The zero-order chi connectivity index (χ0) is 14.5. The highest BCUT2D eigenvalue weighted by Crippen LogP contribution is 2.21. The van der Waals surface area contributed by atoms with E-state index < -0.39 is 5.91 Å². The van der Waals surface area contributed by atoms with E-state index in [9.17, 15) is 9.18 Å². The summed E-state index contributed by atoms with van der Waals surface area (Å²) in [5.74, 6) is -0.0398. The van der Waals surface area contributed by atoms with Crippen LogP contribution in [0, 0.1) is 5.82 Å². The quantitative estimate of drug-likeness (QED) is 0.848. The van der Waals surface area contributed by atoms with E-state index in [4.69, 9.17) is 5.73 Å². The fourth-order valence-electron chi connectivity index (χ4n) is 1.98. The second kappa shape index (κ2) is 6.18. The van der Waals surface area contributed by atoms with Crippen molar-refractivity contribution < 1.29 is 9.18 Å². The number of aromatic nitrogens is 2. The molecular formula is C14H17FN4O. The molecule has 1 aromatic heterocycles. The number of halogens is 1. The first-order chi connectivity index (χ1) is 9.58. The Morgan fingerprint density at radius 3 is 2.70 bits per heavy atom. The van der Waals surface area contributed by atoms with Gasteiger partial charge in [-0.3, -0.25) is 9.48 Å². The summed E-state index contributed by atoms with van der Waals surface area (Å²) < 4.78 is 14.4. The van der Waals surface area contributed by atoms with Crippen LogP contribution in [0.5, 0.6) is 0 Å². The van der Waals surface area contributed by atoms with Gasteiger partial charge in [0.2, 0.25) is 5.91 Å². The summed E-state index contributed by atoms with van der Waals surface area (Å²) in [7, 11) is 0. The summed E-state index contributed by atoms with van der Waals surface area (Å²) in [5, 5.41) is 7.46. The van der Waals surface area contributed by atoms with Crippen LogP contribution >= 0.6 is 0 Å². The summed E-state index contributed by atoms with van der Waals surface area (Å²) >= 11 is 0.